The van der Waals surface area contributed by atoms with Gasteiger partial charge in [-0.2, -0.15) is 5.10 Å². The molecule has 1 aliphatic heterocycles. The van der Waals surface area contributed by atoms with Crippen LogP contribution in [0, 0.1) is 0 Å². The Morgan fingerprint density at radius 2 is 1.75 bits per heavy atom. The fourth-order valence-corrected chi connectivity index (χ4v) is 5.98. The summed E-state index contributed by atoms with van der Waals surface area (Å²) in [6, 6.07) is 16.3. The van der Waals surface area contributed by atoms with E-state index >= 15 is 0 Å². The van der Waals surface area contributed by atoms with Crippen LogP contribution in [0.25, 0.3) is 23.0 Å². The molecule has 0 aliphatic carbocycles. The maximum Gasteiger partial charge on any atom is 0.266 e. The van der Waals surface area contributed by atoms with Gasteiger partial charge in [0.25, 0.3) is 5.91 Å². The number of nitrogens with zero attached hydrogens (tertiary/aromatic N) is 4. The lowest BCUT2D eigenvalue weighted by Crippen LogP contribution is -2.28. The first-order valence-corrected chi connectivity index (χ1v) is 14.3. The molecule has 0 unspecified atom stereocenters. The SMILES string of the molecule is CCCCCN1C(=O)/C(=C\c2cn(-c3ccccc3)nc2-c2ccc(S(=O)(=O)N(C)C)cc2)SC1=S. The normalized spacial score (nSPS) is 15.4. The number of para-hydroxylation sites is 1. The van der Waals surface area contributed by atoms with Crippen molar-refractivity contribution in [3.63, 3.8) is 0 Å². The van der Waals surface area contributed by atoms with Crippen molar-refractivity contribution in [2.24, 2.45) is 0 Å². The average Bonchev–Trinajstić information content (AvgIpc) is 3.41. The number of thiocarbonyl (C=S) groups is 1. The molecule has 1 aromatic heterocycles. The first-order chi connectivity index (χ1) is 17.2. The Kier molecular flexibility index (Phi) is 8.09. The van der Waals surface area contributed by atoms with Gasteiger partial charge in [-0.25, -0.2) is 17.4 Å². The Morgan fingerprint density at radius 3 is 2.39 bits per heavy atom. The van der Waals surface area contributed by atoms with Gasteiger partial charge in [0.1, 0.15) is 4.32 Å². The molecule has 2 aromatic carbocycles. The van der Waals surface area contributed by atoms with E-state index in [0.29, 0.717) is 21.5 Å². The van der Waals surface area contributed by atoms with Crippen molar-refractivity contribution in [1.82, 2.24) is 19.0 Å². The molecule has 1 amide bonds. The summed E-state index contributed by atoms with van der Waals surface area (Å²) >= 11 is 6.78. The zero-order chi connectivity index (χ0) is 25.9. The van der Waals surface area contributed by atoms with Crippen LogP contribution in [0.15, 0.2) is 70.6 Å². The van der Waals surface area contributed by atoms with Crippen LogP contribution < -0.4 is 0 Å². The van der Waals surface area contributed by atoms with Gasteiger partial charge < -0.3 is 0 Å². The van der Waals surface area contributed by atoms with Crippen LogP contribution in [0.5, 0.6) is 0 Å². The lowest BCUT2D eigenvalue weighted by Gasteiger charge is -2.13. The molecule has 0 spiro atoms. The highest BCUT2D eigenvalue weighted by atomic mass is 32.2. The van der Waals surface area contributed by atoms with Gasteiger partial charge in [0, 0.05) is 38.0 Å². The van der Waals surface area contributed by atoms with Gasteiger partial charge in [0.05, 0.1) is 21.2 Å². The van der Waals surface area contributed by atoms with E-state index in [1.807, 2.05) is 42.6 Å². The summed E-state index contributed by atoms with van der Waals surface area (Å²) in [6.45, 7) is 2.74. The summed E-state index contributed by atoms with van der Waals surface area (Å²) in [4.78, 5) is 15.5. The minimum atomic E-state index is -3.54. The number of unbranched alkanes of at least 4 members (excludes halogenated alkanes) is 2. The van der Waals surface area contributed by atoms with Crippen molar-refractivity contribution in [2.75, 3.05) is 20.6 Å². The number of benzene rings is 2. The van der Waals surface area contributed by atoms with Gasteiger partial charge in [-0.05, 0) is 36.8 Å². The van der Waals surface area contributed by atoms with Gasteiger partial charge in [-0.3, -0.25) is 9.69 Å². The van der Waals surface area contributed by atoms with E-state index in [4.69, 9.17) is 17.3 Å². The number of carbonyl (C=O) groups is 1. The highest BCUT2D eigenvalue weighted by Gasteiger charge is 2.32. The summed E-state index contributed by atoms with van der Waals surface area (Å²) in [6.07, 6.45) is 6.73. The lowest BCUT2D eigenvalue weighted by molar-refractivity contribution is -0.122. The van der Waals surface area contributed by atoms with Crippen molar-refractivity contribution in [3.05, 3.63) is 71.3 Å². The number of thioether (sulfide) groups is 1. The number of hydrogen-bond donors (Lipinski definition) is 0. The van der Waals surface area contributed by atoms with Gasteiger partial charge >= 0.3 is 0 Å². The predicted molar refractivity (Wildman–Crippen MR) is 149 cm³/mol. The molecule has 188 valence electrons. The number of rotatable bonds is 9. The lowest BCUT2D eigenvalue weighted by atomic mass is 10.1. The van der Waals surface area contributed by atoms with Gasteiger partial charge in [0.2, 0.25) is 10.0 Å². The molecule has 3 aromatic rings. The van der Waals surface area contributed by atoms with Crippen molar-refractivity contribution < 1.29 is 13.2 Å². The molecule has 0 N–H and O–H groups in total. The first kappa shape index (κ1) is 26.3. The predicted octanol–water partition coefficient (Wildman–Crippen LogP) is 5.18. The molecule has 0 atom stereocenters. The van der Waals surface area contributed by atoms with Gasteiger partial charge in [-0.15, -0.1) is 0 Å². The molecular weight excluding hydrogens is 513 g/mol. The van der Waals surface area contributed by atoms with Crippen LogP contribution in [-0.4, -0.2) is 58.3 Å². The smallest absolute Gasteiger partial charge is 0.266 e. The fraction of sp³-hybridized carbons (Fsp3) is 0.269. The molecule has 1 saturated heterocycles. The molecule has 0 radical (unpaired) electrons. The Balaban J connectivity index is 1.73. The number of carbonyl (C=O) groups excluding carboxylic acids is 1. The fourth-order valence-electron chi connectivity index (χ4n) is 3.78. The standard InChI is InChI=1S/C26H28N4O3S3/c1-4-5-9-16-29-25(31)23(35-26(29)34)17-20-18-30(21-10-7-6-8-11-21)27-24(20)19-12-14-22(15-13-19)36(32,33)28(2)3/h6-8,10-15,17-18H,4-5,9,16H2,1-3H3/b23-17+. The first-order valence-electron chi connectivity index (χ1n) is 11.7. The Morgan fingerprint density at radius 1 is 1.06 bits per heavy atom. The molecule has 2 heterocycles. The largest absolute Gasteiger partial charge is 0.293 e. The minimum Gasteiger partial charge on any atom is -0.293 e. The summed E-state index contributed by atoms with van der Waals surface area (Å²) in [5, 5.41) is 4.79. The van der Waals surface area contributed by atoms with E-state index in [9.17, 15) is 13.2 Å². The van der Waals surface area contributed by atoms with E-state index < -0.39 is 10.0 Å². The molecular formula is C26H28N4O3S3. The molecule has 36 heavy (non-hydrogen) atoms. The average molecular weight is 541 g/mol. The number of amides is 1. The van der Waals surface area contributed by atoms with Crippen molar-refractivity contribution in [1.29, 1.82) is 0 Å². The van der Waals surface area contributed by atoms with Crippen molar-refractivity contribution in [3.8, 4) is 16.9 Å². The highest BCUT2D eigenvalue weighted by Crippen LogP contribution is 2.35. The molecule has 1 fully saturated rings. The Bertz CT molecular complexity index is 1400. The van der Waals surface area contributed by atoms with Crippen LogP contribution in [0.2, 0.25) is 0 Å². The zero-order valence-electron chi connectivity index (χ0n) is 20.4. The van der Waals surface area contributed by atoms with Gasteiger partial charge in [0.15, 0.2) is 0 Å². The van der Waals surface area contributed by atoms with Crippen LogP contribution in [0.1, 0.15) is 31.7 Å². The van der Waals surface area contributed by atoms with Crippen LogP contribution >= 0.6 is 24.0 Å². The van der Waals surface area contributed by atoms with E-state index in [1.54, 1.807) is 33.8 Å². The third-order valence-corrected chi connectivity index (χ3v) is 9.02. The van der Waals surface area contributed by atoms with Crippen molar-refractivity contribution >= 4 is 50.3 Å². The van der Waals surface area contributed by atoms with E-state index in [0.717, 1.165) is 36.1 Å². The van der Waals surface area contributed by atoms with Crippen LogP contribution in [-0.2, 0) is 14.8 Å². The topological polar surface area (TPSA) is 75.5 Å². The monoisotopic (exact) mass is 540 g/mol. The van der Waals surface area contributed by atoms with E-state index in [2.05, 4.69) is 6.92 Å². The number of hydrogen-bond acceptors (Lipinski definition) is 6. The third kappa shape index (κ3) is 5.46. The highest BCUT2D eigenvalue weighted by molar-refractivity contribution is 8.26. The second-order valence-corrected chi connectivity index (χ2v) is 12.4. The maximum atomic E-state index is 13.1. The molecule has 7 nitrogen and oxygen atoms in total. The van der Waals surface area contributed by atoms with Crippen LogP contribution in [0.4, 0.5) is 0 Å². The molecule has 0 saturated carbocycles. The zero-order valence-corrected chi connectivity index (χ0v) is 22.9. The second-order valence-electron chi connectivity index (χ2n) is 8.57. The third-order valence-electron chi connectivity index (χ3n) is 5.82. The minimum absolute atomic E-state index is 0.0908. The quantitative estimate of drug-likeness (QED) is 0.212. The van der Waals surface area contributed by atoms with Crippen molar-refractivity contribution in [2.45, 2.75) is 31.1 Å². The maximum absolute atomic E-state index is 13.1. The summed E-state index contributed by atoms with van der Waals surface area (Å²) in [7, 11) is -0.541. The van der Waals surface area contributed by atoms with E-state index in [-0.39, 0.29) is 10.8 Å². The summed E-state index contributed by atoms with van der Waals surface area (Å²) < 4.78 is 28.5. The molecule has 4 rings (SSSR count). The number of sulfonamides is 1. The van der Waals surface area contributed by atoms with E-state index in [1.165, 1.54) is 30.2 Å². The number of aromatic nitrogens is 2. The molecule has 0 bridgehead atoms. The molecule has 1 aliphatic rings. The molecule has 10 heteroatoms. The van der Waals surface area contributed by atoms with Gasteiger partial charge in [-0.1, -0.05) is 74.1 Å². The second kappa shape index (κ2) is 11.1. The summed E-state index contributed by atoms with van der Waals surface area (Å²) in [5.41, 5.74) is 3.00. The summed E-state index contributed by atoms with van der Waals surface area (Å²) in [5.74, 6) is -0.0908. The Hall–Kier alpha value is -2.79. The van der Waals surface area contributed by atoms with Crippen LogP contribution in [0.3, 0.4) is 0 Å². The Labute approximate surface area is 221 Å².